The van der Waals surface area contributed by atoms with Gasteiger partial charge < -0.3 is 5.32 Å². The van der Waals surface area contributed by atoms with Gasteiger partial charge in [0.2, 0.25) is 0 Å². The van der Waals surface area contributed by atoms with Crippen molar-refractivity contribution < 1.29 is 0 Å². The Morgan fingerprint density at radius 2 is 2.26 bits per heavy atom. The van der Waals surface area contributed by atoms with Crippen LogP contribution in [0.5, 0.6) is 0 Å². The number of likely N-dealkylation sites (N-methyl/N-ethyl adjacent to an activating group) is 1. The third kappa shape index (κ3) is 3.67. The van der Waals surface area contributed by atoms with Crippen LogP contribution in [-0.4, -0.2) is 21.3 Å². The normalized spacial score (nSPS) is 12.6. The Balaban J connectivity index is 2.24. The van der Waals surface area contributed by atoms with E-state index in [1.54, 1.807) is 11.0 Å². The molecule has 1 atom stereocenters. The van der Waals surface area contributed by atoms with E-state index in [1.165, 1.54) is 5.56 Å². The molecule has 2 aromatic rings. The molecule has 0 fully saturated rings. The van der Waals surface area contributed by atoms with Crippen LogP contribution >= 0.6 is 34.2 Å². The number of hydrogen-bond acceptors (Lipinski definition) is 3. The van der Waals surface area contributed by atoms with Crippen molar-refractivity contribution in [2.24, 2.45) is 7.05 Å². The van der Waals surface area contributed by atoms with Gasteiger partial charge in [-0.15, -0.1) is 0 Å². The first kappa shape index (κ1) is 14.7. The summed E-state index contributed by atoms with van der Waals surface area (Å²) in [4.78, 5) is 4.28. The SMILES string of the molecule is CCNC(Cc1ncnn1C)c1ccc(I)c(Cl)c1. The Kier molecular flexibility index (Phi) is 5.18. The zero-order chi connectivity index (χ0) is 13.8. The van der Waals surface area contributed by atoms with Gasteiger partial charge in [0.25, 0.3) is 0 Å². The first-order chi connectivity index (χ1) is 9.11. The van der Waals surface area contributed by atoms with Crippen molar-refractivity contribution in [2.75, 3.05) is 6.54 Å². The molecule has 1 aromatic heterocycles. The van der Waals surface area contributed by atoms with Crippen LogP contribution in [0.2, 0.25) is 5.02 Å². The number of aryl methyl sites for hydroxylation is 1. The van der Waals surface area contributed by atoms with E-state index < -0.39 is 0 Å². The largest absolute Gasteiger partial charge is 0.310 e. The number of nitrogens with one attached hydrogen (secondary N) is 1. The van der Waals surface area contributed by atoms with E-state index in [9.17, 15) is 0 Å². The lowest BCUT2D eigenvalue weighted by Crippen LogP contribution is -2.24. The van der Waals surface area contributed by atoms with Crippen LogP contribution in [0.4, 0.5) is 0 Å². The van der Waals surface area contributed by atoms with Crippen LogP contribution in [0.25, 0.3) is 0 Å². The summed E-state index contributed by atoms with van der Waals surface area (Å²) in [5, 5.41) is 8.37. The van der Waals surface area contributed by atoms with Gasteiger partial charge in [-0.1, -0.05) is 24.6 Å². The monoisotopic (exact) mass is 390 g/mol. The summed E-state index contributed by atoms with van der Waals surface area (Å²) in [5.74, 6) is 0.959. The zero-order valence-corrected chi connectivity index (χ0v) is 13.8. The predicted octanol–water partition coefficient (Wildman–Crippen LogP) is 2.97. The second kappa shape index (κ2) is 6.67. The van der Waals surface area contributed by atoms with Gasteiger partial charge in [0, 0.05) is 23.1 Å². The topological polar surface area (TPSA) is 42.7 Å². The number of nitrogens with zero attached hydrogens (tertiary/aromatic N) is 3. The van der Waals surface area contributed by atoms with Crippen LogP contribution in [0, 0.1) is 3.57 Å². The molecule has 6 heteroatoms. The summed E-state index contributed by atoms with van der Waals surface area (Å²) in [6.07, 6.45) is 2.38. The van der Waals surface area contributed by atoms with Gasteiger partial charge in [0.15, 0.2) is 0 Å². The van der Waals surface area contributed by atoms with E-state index in [2.05, 4.69) is 51.0 Å². The fourth-order valence-electron chi connectivity index (χ4n) is 1.97. The van der Waals surface area contributed by atoms with E-state index >= 15 is 0 Å². The molecule has 0 spiro atoms. The van der Waals surface area contributed by atoms with Gasteiger partial charge in [0.1, 0.15) is 12.2 Å². The summed E-state index contributed by atoms with van der Waals surface area (Å²) in [6.45, 7) is 2.99. The Morgan fingerprint density at radius 1 is 1.47 bits per heavy atom. The van der Waals surface area contributed by atoms with E-state index in [0.29, 0.717) is 0 Å². The Hall–Kier alpha value is -0.660. The molecule has 1 aromatic carbocycles. The van der Waals surface area contributed by atoms with Gasteiger partial charge in [-0.2, -0.15) is 5.10 Å². The van der Waals surface area contributed by atoms with Gasteiger partial charge in [-0.25, -0.2) is 4.98 Å². The predicted molar refractivity (Wildman–Crippen MR) is 85.3 cm³/mol. The molecule has 0 aliphatic carbocycles. The number of benzene rings is 1. The quantitative estimate of drug-likeness (QED) is 0.798. The minimum Gasteiger partial charge on any atom is -0.310 e. The van der Waals surface area contributed by atoms with Crippen molar-refractivity contribution in [2.45, 2.75) is 19.4 Å². The van der Waals surface area contributed by atoms with Crippen LogP contribution < -0.4 is 5.32 Å². The highest BCUT2D eigenvalue weighted by molar-refractivity contribution is 14.1. The molecule has 4 nitrogen and oxygen atoms in total. The van der Waals surface area contributed by atoms with E-state index in [1.807, 2.05) is 19.2 Å². The van der Waals surface area contributed by atoms with Gasteiger partial charge >= 0.3 is 0 Å². The van der Waals surface area contributed by atoms with E-state index in [0.717, 1.165) is 27.4 Å². The third-order valence-corrected chi connectivity index (χ3v) is 4.56. The Morgan fingerprint density at radius 3 is 2.84 bits per heavy atom. The van der Waals surface area contributed by atoms with E-state index in [4.69, 9.17) is 11.6 Å². The maximum atomic E-state index is 6.20. The summed E-state index contributed by atoms with van der Waals surface area (Å²) < 4.78 is 2.87. The minimum absolute atomic E-state index is 0.197. The van der Waals surface area contributed by atoms with Crippen molar-refractivity contribution in [3.05, 3.63) is 44.5 Å². The highest BCUT2D eigenvalue weighted by Crippen LogP contribution is 2.24. The fourth-order valence-corrected chi connectivity index (χ4v) is 2.50. The lowest BCUT2D eigenvalue weighted by Gasteiger charge is -2.18. The summed E-state index contributed by atoms with van der Waals surface area (Å²) in [7, 11) is 1.91. The van der Waals surface area contributed by atoms with Crippen molar-refractivity contribution in [3.8, 4) is 0 Å². The van der Waals surface area contributed by atoms with Crippen molar-refractivity contribution in [3.63, 3.8) is 0 Å². The molecule has 0 amide bonds. The molecular formula is C13H16ClIN4. The number of hydrogen-bond donors (Lipinski definition) is 1. The molecule has 2 rings (SSSR count). The molecule has 1 N–H and O–H groups in total. The van der Waals surface area contributed by atoms with Crippen molar-refractivity contribution in [1.29, 1.82) is 0 Å². The molecule has 102 valence electrons. The van der Waals surface area contributed by atoms with Crippen LogP contribution in [0.15, 0.2) is 24.5 Å². The minimum atomic E-state index is 0.197. The average Bonchev–Trinajstić information content (AvgIpc) is 2.78. The highest BCUT2D eigenvalue weighted by Gasteiger charge is 2.15. The molecule has 0 saturated heterocycles. The first-order valence-electron chi connectivity index (χ1n) is 6.13. The lowest BCUT2D eigenvalue weighted by atomic mass is 10.0. The summed E-state index contributed by atoms with van der Waals surface area (Å²) >= 11 is 8.44. The standard InChI is InChI=1S/C13H16ClIN4/c1-3-16-12(7-13-17-8-18-19(13)2)9-4-5-11(15)10(14)6-9/h4-6,8,12,16H,3,7H2,1-2H3. The molecule has 0 aliphatic rings. The maximum absolute atomic E-state index is 6.20. The second-order valence-electron chi connectivity index (χ2n) is 4.29. The number of halogens is 2. The highest BCUT2D eigenvalue weighted by atomic mass is 127. The maximum Gasteiger partial charge on any atom is 0.138 e. The number of rotatable bonds is 5. The molecular weight excluding hydrogens is 375 g/mol. The summed E-state index contributed by atoms with van der Waals surface area (Å²) in [6, 6.07) is 6.37. The van der Waals surface area contributed by atoms with Gasteiger partial charge in [-0.3, -0.25) is 4.68 Å². The molecule has 0 saturated carbocycles. The first-order valence-corrected chi connectivity index (χ1v) is 7.58. The second-order valence-corrected chi connectivity index (χ2v) is 5.86. The van der Waals surface area contributed by atoms with Crippen LogP contribution in [0.1, 0.15) is 24.4 Å². The summed E-state index contributed by atoms with van der Waals surface area (Å²) in [5.41, 5.74) is 1.18. The Bertz CT molecular complexity index is 555. The van der Waals surface area contributed by atoms with Crippen molar-refractivity contribution >= 4 is 34.2 Å². The molecule has 1 heterocycles. The average molecular weight is 391 g/mol. The number of aromatic nitrogens is 3. The molecule has 1 unspecified atom stereocenters. The van der Waals surface area contributed by atoms with E-state index in [-0.39, 0.29) is 6.04 Å². The fraction of sp³-hybridized carbons (Fsp3) is 0.385. The van der Waals surface area contributed by atoms with Gasteiger partial charge in [0.05, 0.1) is 5.02 Å². The Labute approximate surface area is 131 Å². The lowest BCUT2D eigenvalue weighted by molar-refractivity contribution is 0.522. The zero-order valence-electron chi connectivity index (χ0n) is 10.9. The molecule has 0 bridgehead atoms. The molecule has 19 heavy (non-hydrogen) atoms. The van der Waals surface area contributed by atoms with Gasteiger partial charge in [-0.05, 0) is 46.8 Å². The molecule has 0 aliphatic heterocycles. The molecule has 0 radical (unpaired) electrons. The van der Waals surface area contributed by atoms with Crippen molar-refractivity contribution in [1.82, 2.24) is 20.1 Å². The smallest absolute Gasteiger partial charge is 0.138 e. The van der Waals surface area contributed by atoms with Crippen LogP contribution in [0.3, 0.4) is 0 Å². The third-order valence-electron chi connectivity index (χ3n) is 2.99. The van der Waals surface area contributed by atoms with Crippen LogP contribution in [-0.2, 0) is 13.5 Å².